The van der Waals surface area contributed by atoms with Crippen LogP contribution in [0.4, 0.5) is 0 Å². The van der Waals surface area contributed by atoms with E-state index in [9.17, 15) is 0 Å². The zero-order chi connectivity index (χ0) is 3.41. The molecule has 0 aliphatic rings. The summed E-state index contributed by atoms with van der Waals surface area (Å²) >= 11 is 0. The summed E-state index contributed by atoms with van der Waals surface area (Å²) < 4.78 is 0. The normalized spacial score (nSPS) is 4.17. The molecule has 0 aromatic rings. The van der Waals surface area contributed by atoms with E-state index in [-0.39, 0.29) is 47.0 Å². The quantitative estimate of drug-likeness (QED) is 0.202. The summed E-state index contributed by atoms with van der Waals surface area (Å²) in [6.45, 7) is 6.90. The van der Waals surface area contributed by atoms with Crippen molar-refractivity contribution in [3.8, 4) is 0 Å². The van der Waals surface area contributed by atoms with Gasteiger partial charge < -0.3 is 30.9 Å². The number of allylic oxidation sites excluding steroid dienone is 1. The van der Waals surface area contributed by atoms with Crippen molar-refractivity contribution in [3.05, 3.63) is 19.6 Å². The van der Waals surface area contributed by atoms with Gasteiger partial charge in [-0.05, 0) is 0 Å². The van der Waals surface area contributed by atoms with Gasteiger partial charge in [-0.3, -0.25) is 0 Å². The van der Waals surface area contributed by atoms with Gasteiger partial charge in [0.25, 0.3) is 0 Å². The second-order valence-corrected chi connectivity index (χ2v) is 0.577. The molecule has 0 radical (unpaired) electrons. The van der Waals surface area contributed by atoms with Gasteiger partial charge in [-0.15, -0.1) is 12.7 Å². The van der Waals surface area contributed by atoms with Gasteiger partial charge in [0, 0.05) is 0 Å². The van der Waals surface area contributed by atoms with Crippen LogP contribution in [0, 0.1) is 6.92 Å². The first-order chi connectivity index (χ1) is 1.91. The van der Waals surface area contributed by atoms with E-state index >= 15 is 0 Å². The fourth-order valence-electron chi connectivity index (χ4n) is 0. The summed E-state index contributed by atoms with van der Waals surface area (Å²) in [5.41, 5.74) is 0. The maximum atomic E-state index is 3.49. The molecule has 0 aromatic heterocycles. The van der Waals surface area contributed by atoms with Crippen molar-refractivity contribution in [2.45, 2.75) is 6.42 Å². The summed E-state index contributed by atoms with van der Waals surface area (Å²) in [5, 5.41) is 0. The van der Waals surface area contributed by atoms with E-state index in [0.29, 0.717) is 0 Å². The molecule has 2 heteroatoms. The Balaban J connectivity index is -0.0000000450. The Labute approximate surface area is 72.6 Å². The van der Waals surface area contributed by atoms with Gasteiger partial charge in [-0.1, -0.05) is 0 Å². The molecule has 0 bridgehead atoms. The van der Waals surface area contributed by atoms with E-state index < -0.39 is 0 Å². The molecule has 6 heavy (non-hydrogen) atoms. The summed E-state index contributed by atoms with van der Waals surface area (Å²) in [6.07, 6.45) is 2.60. The predicted octanol–water partition coefficient (Wildman–Crippen LogP) is -1.98. The molecule has 0 fully saturated rings. The van der Waals surface area contributed by atoms with Crippen LogP contribution in [0.15, 0.2) is 12.7 Å². The van der Waals surface area contributed by atoms with Gasteiger partial charge in [-0.2, -0.15) is 6.42 Å². The van der Waals surface area contributed by atoms with Crippen LogP contribution in [-0.4, -0.2) is 23.1 Å². The van der Waals surface area contributed by atoms with Crippen molar-refractivity contribution in [1.29, 1.82) is 0 Å². The first-order valence-electron chi connectivity index (χ1n) is 1.32. The van der Waals surface area contributed by atoms with E-state index in [1.165, 1.54) is 0 Å². The standard InChI is InChI=1S/C4H7.HI.Mg/c1-3-4-2;;/h3H,1-2,4H2;1H;/q-1;;+2/p-1. The Morgan fingerprint density at radius 2 is 1.83 bits per heavy atom. The molecule has 0 spiro atoms. The van der Waals surface area contributed by atoms with E-state index in [1.54, 1.807) is 6.08 Å². The van der Waals surface area contributed by atoms with Gasteiger partial charge in [0.15, 0.2) is 0 Å². The molecule has 32 valence electrons. The van der Waals surface area contributed by atoms with Crippen molar-refractivity contribution in [3.63, 3.8) is 0 Å². The molecular weight excluding hydrogens is 199 g/mol. The van der Waals surface area contributed by atoms with E-state index in [1.807, 2.05) is 0 Å². The minimum atomic E-state index is 0. The van der Waals surface area contributed by atoms with Crippen molar-refractivity contribution < 1.29 is 24.0 Å². The van der Waals surface area contributed by atoms with Gasteiger partial charge in [0.2, 0.25) is 0 Å². The van der Waals surface area contributed by atoms with Crippen molar-refractivity contribution in [2.75, 3.05) is 0 Å². The monoisotopic (exact) mass is 206 g/mol. The van der Waals surface area contributed by atoms with Gasteiger partial charge in [0.1, 0.15) is 0 Å². The maximum absolute atomic E-state index is 3.49. The Morgan fingerprint density at radius 3 is 1.83 bits per heavy atom. The third-order valence-corrected chi connectivity index (χ3v) is 0.204. The average molecular weight is 206 g/mol. The maximum Gasteiger partial charge on any atom is 2.00 e. The smallest absolute Gasteiger partial charge is 1.00 e. The molecular formula is C4H7IMg. The van der Waals surface area contributed by atoms with E-state index in [0.717, 1.165) is 6.42 Å². The van der Waals surface area contributed by atoms with E-state index in [2.05, 4.69) is 13.5 Å². The molecule has 0 unspecified atom stereocenters. The number of hydrogen-bond donors (Lipinski definition) is 0. The van der Waals surface area contributed by atoms with Crippen LogP contribution >= 0.6 is 0 Å². The molecule has 0 saturated carbocycles. The van der Waals surface area contributed by atoms with Crippen molar-refractivity contribution in [1.82, 2.24) is 0 Å². The molecule has 0 aliphatic carbocycles. The zero-order valence-electron chi connectivity index (χ0n) is 3.78. The third-order valence-electron chi connectivity index (χ3n) is 0.204. The Kier molecular flexibility index (Phi) is 42.7. The summed E-state index contributed by atoms with van der Waals surface area (Å²) in [5.74, 6) is 0. The van der Waals surface area contributed by atoms with Crippen LogP contribution in [-0.2, 0) is 0 Å². The molecule has 0 saturated heterocycles. The Morgan fingerprint density at radius 1 is 1.67 bits per heavy atom. The Bertz CT molecular complexity index is 21.5. The molecule has 0 heterocycles. The molecule has 0 aromatic carbocycles. The number of rotatable bonds is 1. The first-order valence-corrected chi connectivity index (χ1v) is 1.32. The molecule has 0 N–H and O–H groups in total. The van der Waals surface area contributed by atoms with Crippen LogP contribution in [0.3, 0.4) is 0 Å². The molecule has 0 aliphatic heterocycles. The molecule has 0 amide bonds. The SMILES string of the molecule is C=CC[CH2-].[I-].[Mg+2]. The first kappa shape index (κ1) is 15.7. The minimum Gasteiger partial charge on any atom is -1.00 e. The molecule has 0 nitrogen and oxygen atoms in total. The van der Waals surface area contributed by atoms with Crippen LogP contribution < -0.4 is 24.0 Å². The fourth-order valence-corrected chi connectivity index (χ4v) is 0. The molecule has 0 rings (SSSR count). The number of hydrogen-bond acceptors (Lipinski definition) is 0. The van der Waals surface area contributed by atoms with Crippen LogP contribution in [0.2, 0.25) is 0 Å². The largest absolute Gasteiger partial charge is 2.00 e. The Hall–Kier alpha value is 1.24. The zero-order valence-corrected chi connectivity index (χ0v) is 7.36. The van der Waals surface area contributed by atoms with Crippen LogP contribution in [0.1, 0.15) is 6.42 Å². The van der Waals surface area contributed by atoms with Crippen molar-refractivity contribution >= 4 is 23.1 Å². The summed E-state index contributed by atoms with van der Waals surface area (Å²) in [4.78, 5) is 0. The van der Waals surface area contributed by atoms with Crippen molar-refractivity contribution in [2.24, 2.45) is 0 Å². The predicted molar refractivity (Wildman–Crippen MR) is 25.9 cm³/mol. The topological polar surface area (TPSA) is 0 Å². The second-order valence-electron chi connectivity index (χ2n) is 0.577. The summed E-state index contributed by atoms with van der Waals surface area (Å²) in [7, 11) is 0. The van der Waals surface area contributed by atoms with Crippen LogP contribution in [0.25, 0.3) is 0 Å². The van der Waals surface area contributed by atoms with Gasteiger partial charge in [-0.25, -0.2) is 0 Å². The minimum absolute atomic E-state index is 0. The van der Waals surface area contributed by atoms with E-state index in [4.69, 9.17) is 0 Å². The summed E-state index contributed by atoms with van der Waals surface area (Å²) in [6, 6.07) is 0. The van der Waals surface area contributed by atoms with Gasteiger partial charge >= 0.3 is 23.1 Å². The van der Waals surface area contributed by atoms with Gasteiger partial charge in [0.05, 0.1) is 0 Å². The fraction of sp³-hybridized carbons (Fsp3) is 0.250. The molecule has 0 atom stereocenters. The van der Waals surface area contributed by atoms with Crippen LogP contribution in [0.5, 0.6) is 0 Å². The third kappa shape index (κ3) is 18.8. The second kappa shape index (κ2) is 16.3. The average Bonchev–Trinajstić information content (AvgIpc) is 1.37. The number of halogens is 1.